The van der Waals surface area contributed by atoms with E-state index in [9.17, 15) is 14.9 Å². The number of carbonyl (C=O) groups is 2. The summed E-state index contributed by atoms with van der Waals surface area (Å²) in [5, 5.41) is 12.4. The summed E-state index contributed by atoms with van der Waals surface area (Å²) in [6, 6.07) is 9.40. The van der Waals surface area contributed by atoms with Crippen molar-refractivity contribution < 1.29 is 14.3 Å². The first-order valence-corrected chi connectivity index (χ1v) is 8.96. The van der Waals surface area contributed by atoms with E-state index in [-0.39, 0.29) is 12.2 Å². The van der Waals surface area contributed by atoms with Crippen molar-refractivity contribution in [3.05, 3.63) is 57.0 Å². The molecule has 0 saturated heterocycles. The number of rotatable bonds is 5. The zero-order valence-electron chi connectivity index (χ0n) is 15.2. The van der Waals surface area contributed by atoms with Gasteiger partial charge in [-0.05, 0) is 44.9 Å². The summed E-state index contributed by atoms with van der Waals surface area (Å²) in [5.74, 6) is -1.04. The maximum Gasteiger partial charge on any atom is 0.341 e. The second-order valence-corrected chi connectivity index (χ2v) is 6.97. The maximum absolute atomic E-state index is 12.5. The molecule has 1 amide bonds. The lowest BCUT2D eigenvalue weighted by molar-refractivity contribution is -0.112. The van der Waals surface area contributed by atoms with Crippen LogP contribution in [-0.4, -0.2) is 18.5 Å². The Kier molecular flexibility index (Phi) is 6.31. The van der Waals surface area contributed by atoms with Crippen molar-refractivity contribution >= 4 is 34.3 Å². The summed E-state index contributed by atoms with van der Waals surface area (Å²) < 4.78 is 5.07. The minimum Gasteiger partial charge on any atom is -0.462 e. The molecule has 0 spiro atoms. The van der Waals surface area contributed by atoms with Crippen LogP contribution < -0.4 is 5.32 Å². The Balaban J connectivity index is 2.31. The van der Waals surface area contributed by atoms with Crippen LogP contribution >= 0.6 is 11.3 Å². The molecule has 0 atom stereocenters. The van der Waals surface area contributed by atoms with Gasteiger partial charge in [-0.3, -0.25) is 4.79 Å². The molecule has 2 rings (SSSR count). The number of thiophene rings is 1. The molecule has 0 aliphatic heterocycles. The van der Waals surface area contributed by atoms with E-state index in [0.717, 1.165) is 21.6 Å². The minimum absolute atomic E-state index is 0.0348. The van der Waals surface area contributed by atoms with Crippen LogP contribution in [0.3, 0.4) is 0 Å². The molecule has 0 aliphatic carbocycles. The Morgan fingerprint density at radius 2 is 1.88 bits per heavy atom. The van der Waals surface area contributed by atoms with Crippen LogP contribution in [-0.2, 0) is 9.53 Å². The van der Waals surface area contributed by atoms with Gasteiger partial charge in [0.25, 0.3) is 5.91 Å². The second kappa shape index (κ2) is 8.45. The van der Waals surface area contributed by atoms with Gasteiger partial charge in [0.1, 0.15) is 16.6 Å². The molecule has 1 aromatic carbocycles. The first kappa shape index (κ1) is 19.4. The molecule has 1 aromatic heterocycles. The van der Waals surface area contributed by atoms with Crippen LogP contribution in [0.15, 0.2) is 29.8 Å². The molecule has 2 aromatic rings. The van der Waals surface area contributed by atoms with E-state index in [1.807, 2.05) is 44.2 Å². The number of carbonyl (C=O) groups excluding carboxylic acids is 2. The predicted molar refractivity (Wildman–Crippen MR) is 103 cm³/mol. The number of nitrogens with one attached hydrogen (secondary N) is 1. The molecule has 1 N–H and O–H groups in total. The summed E-state index contributed by atoms with van der Waals surface area (Å²) in [7, 11) is 0. The Morgan fingerprint density at radius 1 is 1.23 bits per heavy atom. The highest BCUT2D eigenvalue weighted by Gasteiger charge is 2.23. The lowest BCUT2D eigenvalue weighted by Crippen LogP contribution is -2.16. The van der Waals surface area contributed by atoms with Crippen molar-refractivity contribution in [2.24, 2.45) is 0 Å². The topological polar surface area (TPSA) is 79.2 Å². The molecule has 0 unspecified atom stereocenters. The number of esters is 1. The average molecular weight is 368 g/mol. The average Bonchev–Trinajstić information content (AvgIpc) is 2.88. The number of hydrogen-bond donors (Lipinski definition) is 1. The number of benzene rings is 1. The Bertz CT molecular complexity index is 902. The zero-order valence-corrected chi connectivity index (χ0v) is 16.0. The SMILES string of the molecule is CCOC(=O)c1c(NC(=O)C(C#N)=Cc2ccc(C)cc2)sc(C)c1C. The van der Waals surface area contributed by atoms with E-state index in [0.29, 0.717) is 10.6 Å². The van der Waals surface area contributed by atoms with Gasteiger partial charge in [0.15, 0.2) is 0 Å². The van der Waals surface area contributed by atoms with E-state index < -0.39 is 11.9 Å². The Morgan fingerprint density at radius 3 is 2.46 bits per heavy atom. The number of anilines is 1. The molecule has 0 saturated carbocycles. The largest absolute Gasteiger partial charge is 0.462 e. The molecule has 6 heteroatoms. The molecule has 0 bridgehead atoms. The Hall–Kier alpha value is -2.91. The number of nitriles is 1. The summed E-state index contributed by atoms with van der Waals surface area (Å²) in [4.78, 5) is 25.6. The van der Waals surface area contributed by atoms with Crippen molar-refractivity contribution in [3.8, 4) is 6.07 Å². The maximum atomic E-state index is 12.5. The van der Waals surface area contributed by atoms with Gasteiger partial charge in [0, 0.05) is 4.88 Å². The van der Waals surface area contributed by atoms with Crippen LogP contribution in [0.1, 0.15) is 38.8 Å². The fourth-order valence-corrected chi connectivity index (χ4v) is 3.36. The van der Waals surface area contributed by atoms with Gasteiger partial charge in [0.2, 0.25) is 0 Å². The fraction of sp³-hybridized carbons (Fsp3) is 0.250. The van der Waals surface area contributed by atoms with E-state index >= 15 is 0 Å². The molecule has 0 aliphatic rings. The fourth-order valence-electron chi connectivity index (χ4n) is 2.31. The first-order valence-electron chi connectivity index (χ1n) is 8.14. The lowest BCUT2D eigenvalue weighted by Gasteiger charge is -2.07. The van der Waals surface area contributed by atoms with Crippen molar-refractivity contribution in [2.75, 3.05) is 11.9 Å². The third-order valence-corrected chi connectivity index (χ3v) is 4.97. The molecule has 134 valence electrons. The molecule has 26 heavy (non-hydrogen) atoms. The molecular weight excluding hydrogens is 348 g/mol. The van der Waals surface area contributed by atoms with E-state index in [1.54, 1.807) is 13.8 Å². The number of nitrogens with zero attached hydrogens (tertiary/aromatic N) is 1. The normalized spacial score (nSPS) is 11.0. The van der Waals surface area contributed by atoms with Gasteiger partial charge in [-0.2, -0.15) is 5.26 Å². The van der Waals surface area contributed by atoms with Gasteiger partial charge in [-0.1, -0.05) is 29.8 Å². The quantitative estimate of drug-likeness (QED) is 0.482. The van der Waals surface area contributed by atoms with Crippen LogP contribution in [0.5, 0.6) is 0 Å². The third-order valence-electron chi connectivity index (χ3n) is 3.85. The first-order chi connectivity index (χ1) is 12.4. The van der Waals surface area contributed by atoms with Gasteiger partial charge in [0.05, 0.1) is 12.2 Å². The number of ether oxygens (including phenoxy) is 1. The predicted octanol–water partition coefficient (Wildman–Crippen LogP) is 4.40. The number of amides is 1. The van der Waals surface area contributed by atoms with Gasteiger partial charge < -0.3 is 10.1 Å². The molecular formula is C20H20N2O3S. The summed E-state index contributed by atoms with van der Waals surface area (Å²) >= 11 is 1.29. The molecule has 5 nitrogen and oxygen atoms in total. The summed E-state index contributed by atoms with van der Waals surface area (Å²) in [6.45, 7) is 7.61. The highest BCUT2D eigenvalue weighted by molar-refractivity contribution is 7.16. The smallest absolute Gasteiger partial charge is 0.341 e. The Labute approximate surface area is 156 Å². The van der Waals surface area contributed by atoms with E-state index in [1.165, 1.54) is 17.4 Å². The lowest BCUT2D eigenvalue weighted by atomic mass is 10.1. The van der Waals surface area contributed by atoms with Crippen molar-refractivity contribution in [2.45, 2.75) is 27.7 Å². The van der Waals surface area contributed by atoms with Gasteiger partial charge in [-0.15, -0.1) is 11.3 Å². The molecule has 1 heterocycles. The zero-order chi connectivity index (χ0) is 19.3. The van der Waals surface area contributed by atoms with Crippen LogP contribution in [0, 0.1) is 32.1 Å². The standard InChI is InChI=1S/C20H20N2O3S/c1-5-25-20(24)17-13(3)14(4)26-19(17)22-18(23)16(11-21)10-15-8-6-12(2)7-9-15/h6-10H,5H2,1-4H3,(H,22,23). The van der Waals surface area contributed by atoms with Gasteiger partial charge in [-0.25, -0.2) is 4.79 Å². The van der Waals surface area contributed by atoms with Crippen LogP contribution in [0.2, 0.25) is 0 Å². The second-order valence-electron chi connectivity index (χ2n) is 5.74. The van der Waals surface area contributed by atoms with Crippen molar-refractivity contribution in [1.29, 1.82) is 5.26 Å². The summed E-state index contributed by atoms with van der Waals surface area (Å²) in [6.07, 6.45) is 1.52. The van der Waals surface area contributed by atoms with E-state index in [4.69, 9.17) is 4.74 Å². The van der Waals surface area contributed by atoms with Crippen LogP contribution in [0.25, 0.3) is 6.08 Å². The van der Waals surface area contributed by atoms with Gasteiger partial charge >= 0.3 is 5.97 Å². The third kappa shape index (κ3) is 4.38. The van der Waals surface area contributed by atoms with Crippen LogP contribution in [0.4, 0.5) is 5.00 Å². The summed E-state index contributed by atoms with van der Waals surface area (Å²) in [5.41, 5.74) is 2.92. The monoisotopic (exact) mass is 368 g/mol. The highest BCUT2D eigenvalue weighted by atomic mass is 32.1. The highest BCUT2D eigenvalue weighted by Crippen LogP contribution is 2.33. The van der Waals surface area contributed by atoms with E-state index in [2.05, 4.69) is 5.32 Å². The number of aryl methyl sites for hydroxylation is 2. The molecule has 0 fully saturated rings. The van der Waals surface area contributed by atoms with Crippen molar-refractivity contribution in [1.82, 2.24) is 0 Å². The molecule has 0 radical (unpaired) electrons. The van der Waals surface area contributed by atoms with Crippen molar-refractivity contribution in [3.63, 3.8) is 0 Å². The minimum atomic E-state index is -0.556. The number of hydrogen-bond acceptors (Lipinski definition) is 5.